The third-order valence-electron chi connectivity index (χ3n) is 3.85. The van der Waals surface area contributed by atoms with E-state index in [1.54, 1.807) is 0 Å². The zero-order chi connectivity index (χ0) is 13.1. The molecule has 100 valence electrons. The fraction of sp³-hybridized carbons (Fsp3) is 0.600. The maximum Gasteiger partial charge on any atom is 0.122 e. The minimum absolute atomic E-state index is 0.104. The molecule has 1 aliphatic rings. The minimum atomic E-state index is -0.109. The average Bonchev–Trinajstić information content (AvgIpc) is 2.38. The molecule has 2 unspecified atom stereocenters. The molecule has 0 saturated heterocycles. The number of benzene rings is 1. The molecule has 3 nitrogen and oxygen atoms in total. The molecule has 3 N–H and O–H groups in total. The lowest BCUT2D eigenvalue weighted by Gasteiger charge is -2.27. The Hall–Kier alpha value is -1.06. The molecule has 2 atom stereocenters. The van der Waals surface area contributed by atoms with Gasteiger partial charge in [-0.1, -0.05) is 26.0 Å². The molecule has 3 heteroatoms. The van der Waals surface area contributed by atoms with E-state index in [1.165, 1.54) is 5.56 Å². The number of hydrogen-bond donors (Lipinski definition) is 2. The van der Waals surface area contributed by atoms with Gasteiger partial charge in [0.05, 0.1) is 6.61 Å². The van der Waals surface area contributed by atoms with Gasteiger partial charge in [-0.25, -0.2) is 0 Å². The van der Waals surface area contributed by atoms with Crippen molar-refractivity contribution in [1.29, 1.82) is 0 Å². The second kappa shape index (κ2) is 5.72. The third-order valence-corrected chi connectivity index (χ3v) is 3.85. The summed E-state index contributed by atoms with van der Waals surface area (Å²) in [5.74, 6) is 1.46. The highest BCUT2D eigenvalue weighted by Crippen LogP contribution is 2.31. The number of hydrogen-bond acceptors (Lipinski definition) is 3. The molecule has 0 bridgehead atoms. The Kier molecular flexibility index (Phi) is 4.25. The fourth-order valence-corrected chi connectivity index (χ4v) is 2.57. The van der Waals surface area contributed by atoms with E-state index in [-0.39, 0.29) is 18.6 Å². The first-order valence-electron chi connectivity index (χ1n) is 6.75. The summed E-state index contributed by atoms with van der Waals surface area (Å²) in [5.41, 5.74) is 8.63. The lowest BCUT2D eigenvalue weighted by Crippen LogP contribution is -2.28. The maximum absolute atomic E-state index is 9.46. The Labute approximate surface area is 109 Å². The monoisotopic (exact) mass is 249 g/mol. The van der Waals surface area contributed by atoms with E-state index in [4.69, 9.17) is 10.5 Å². The molecule has 18 heavy (non-hydrogen) atoms. The number of aliphatic hydroxyl groups is 1. The summed E-state index contributed by atoms with van der Waals surface area (Å²) in [4.78, 5) is 0. The van der Waals surface area contributed by atoms with Crippen LogP contribution in [0.4, 0.5) is 0 Å². The molecule has 0 fully saturated rings. The summed E-state index contributed by atoms with van der Waals surface area (Å²) >= 11 is 0. The van der Waals surface area contributed by atoms with Crippen LogP contribution in [0.5, 0.6) is 5.75 Å². The van der Waals surface area contributed by atoms with E-state index < -0.39 is 0 Å². The Bertz CT molecular complexity index is 403. The summed E-state index contributed by atoms with van der Waals surface area (Å²) in [6.07, 6.45) is 2.13. The summed E-state index contributed by atoms with van der Waals surface area (Å²) in [6, 6.07) is 6.07. The van der Waals surface area contributed by atoms with Gasteiger partial charge < -0.3 is 15.6 Å². The van der Waals surface area contributed by atoms with Crippen LogP contribution in [0.2, 0.25) is 0 Å². The SMILES string of the molecule is CC(C)C(CO)C(N)c1ccc2c(c1)CCCO2. The predicted octanol–water partition coefficient (Wildman–Crippen LogP) is 2.28. The molecule has 0 spiro atoms. The molecular weight excluding hydrogens is 226 g/mol. The third kappa shape index (κ3) is 2.68. The smallest absolute Gasteiger partial charge is 0.122 e. The summed E-state index contributed by atoms with van der Waals surface area (Å²) < 4.78 is 5.60. The van der Waals surface area contributed by atoms with E-state index in [1.807, 2.05) is 12.1 Å². The fourth-order valence-electron chi connectivity index (χ4n) is 2.57. The van der Waals surface area contributed by atoms with Crippen molar-refractivity contribution in [2.45, 2.75) is 32.7 Å². The Morgan fingerprint density at radius 1 is 1.39 bits per heavy atom. The number of ether oxygens (including phenoxy) is 1. The highest BCUT2D eigenvalue weighted by atomic mass is 16.5. The lowest BCUT2D eigenvalue weighted by atomic mass is 9.85. The van der Waals surface area contributed by atoms with Crippen molar-refractivity contribution in [2.24, 2.45) is 17.6 Å². The molecule has 0 radical (unpaired) electrons. The van der Waals surface area contributed by atoms with Gasteiger partial charge in [0, 0.05) is 18.6 Å². The molecular formula is C15H23NO2. The molecule has 1 aromatic rings. The van der Waals surface area contributed by atoms with Crippen LogP contribution in [0.15, 0.2) is 18.2 Å². The van der Waals surface area contributed by atoms with Gasteiger partial charge in [0.25, 0.3) is 0 Å². The van der Waals surface area contributed by atoms with Crippen molar-refractivity contribution < 1.29 is 9.84 Å². The second-order valence-corrected chi connectivity index (χ2v) is 5.44. The number of rotatable bonds is 4. The van der Waals surface area contributed by atoms with Crippen molar-refractivity contribution in [3.8, 4) is 5.75 Å². The van der Waals surface area contributed by atoms with Crippen molar-refractivity contribution >= 4 is 0 Å². The van der Waals surface area contributed by atoms with E-state index in [0.717, 1.165) is 30.8 Å². The van der Waals surface area contributed by atoms with Crippen molar-refractivity contribution in [3.63, 3.8) is 0 Å². The standard InChI is InChI=1S/C15H23NO2/c1-10(2)13(9-17)15(16)12-5-6-14-11(8-12)4-3-7-18-14/h5-6,8,10,13,15,17H,3-4,7,9,16H2,1-2H3. The Morgan fingerprint density at radius 3 is 2.83 bits per heavy atom. The van der Waals surface area contributed by atoms with Gasteiger partial charge >= 0.3 is 0 Å². The second-order valence-electron chi connectivity index (χ2n) is 5.44. The molecule has 0 saturated carbocycles. The van der Waals surface area contributed by atoms with Crippen LogP contribution >= 0.6 is 0 Å². The molecule has 1 aliphatic heterocycles. The van der Waals surface area contributed by atoms with Crippen LogP contribution in [0.3, 0.4) is 0 Å². The van der Waals surface area contributed by atoms with E-state index >= 15 is 0 Å². The molecule has 2 rings (SSSR count). The van der Waals surface area contributed by atoms with Gasteiger partial charge in [0.1, 0.15) is 5.75 Å². The first-order valence-corrected chi connectivity index (χ1v) is 6.75. The number of aliphatic hydroxyl groups excluding tert-OH is 1. The summed E-state index contributed by atoms with van der Waals surface area (Å²) in [6.45, 7) is 5.14. The van der Waals surface area contributed by atoms with Crippen LogP contribution in [0.1, 0.15) is 37.4 Å². The largest absolute Gasteiger partial charge is 0.493 e. The molecule has 1 heterocycles. The summed E-state index contributed by atoms with van der Waals surface area (Å²) in [5, 5.41) is 9.46. The van der Waals surface area contributed by atoms with E-state index in [0.29, 0.717) is 5.92 Å². The topological polar surface area (TPSA) is 55.5 Å². The summed E-state index contributed by atoms with van der Waals surface area (Å²) in [7, 11) is 0. The number of fused-ring (bicyclic) bond motifs is 1. The zero-order valence-electron chi connectivity index (χ0n) is 11.2. The van der Waals surface area contributed by atoms with Crippen molar-refractivity contribution in [1.82, 2.24) is 0 Å². The molecule has 1 aromatic carbocycles. The normalized spacial score (nSPS) is 18.1. The van der Waals surface area contributed by atoms with Crippen LogP contribution in [0, 0.1) is 11.8 Å². The van der Waals surface area contributed by atoms with E-state index in [9.17, 15) is 5.11 Å². The maximum atomic E-state index is 9.46. The molecule has 0 aliphatic carbocycles. The average molecular weight is 249 g/mol. The van der Waals surface area contributed by atoms with Gasteiger partial charge in [0.15, 0.2) is 0 Å². The quantitative estimate of drug-likeness (QED) is 0.860. The van der Waals surface area contributed by atoms with Crippen molar-refractivity contribution in [2.75, 3.05) is 13.2 Å². The highest BCUT2D eigenvalue weighted by molar-refractivity contribution is 5.39. The highest BCUT2D eigenvalue weighted by Gasteiger charge is 2.23. The lowest BCUT2D eigenvalue weighted by molar-refractivity contribution is 0.166. The van der Waals surface area contributed by atoms with Crippen molar-refractivity contribution in [3.05, 3.63) is 29.3 Å². The van der Waals surface area contributed by atoms with Gasteiger partial charge in [-0.05, 0) is 36.0 Å². The molecule has 0 amide bonds. The van der Waals surface area contributed by atoms with Crippen LogP contribution < -0.4 is 10.5 Å². The number of nitrogens with two attached hydrogens (primary N) is 1. The first-order chi connectivity index (χ1) is 8.63. The molecule has 0 aromatic heterocycles. The van der Waals surface area contributed by atoms with Crippen LogP contribution in [-0.2, 0) is 6.42 Å². The van der Waals surface area contributed by atoms with Gasteiger partial charge in [-0.15, -0.1) is 0 Å². The zero-order valence-corrected chi connectivity index (χ0v) is 11.2. The Morgan fingerprint density at radius 2 is 2.17 bits per heavy atom. The number of aryl methyl sites for hydroxylation is 1. The van der Waals surface area contributed by atoms with E-state index in [2.05, 4.69) is 19.9 Å². The van der Waals surface area contributed by atoms with Gasteiger partial charge in [-0.3, -0.25) is 0 Å². The predicted molar refractivity (Wildman–Crippen MR) is 72.6 cm³/mol. The first kappa shape index (κ1) is 13.4. The minimum Gasteiger partial charge on any atom is -0.493 e. The van der Waals surface area contributed by atoms with Gasteiger partial charge in [0.2, 0.25) is 0 Å². The Balaban J connectivity index is 2.22. The van der Waals surface area contributed by atoms with Crippen LogP contribution in [0.25, 0.3) is 0 Å². The van der Waals surface area contributed by atoms with Gasteiger partial charge in [-0.2, -0.15) is 0 Å². The van der Waals surface area contributed by atoms with Crippen LogP contribution in [-0.4, -0.2) is 18.3 Å².